The fourth-order valence-corrected chi connectivity index (χ4v) is 0.350. The molecule has 0 saturated carbocycles. The zero-order valence-corrected chi connectivity index (χ0v) is 6.14. The van der Waals surface area contributed by atoms with Crippen LogP contribution >= 0.6 is 0 Å². The van der Waals surface area contributed by atoms with Crippen LogP contribution in [0.3, 0.4) is 0 Å². The molecule has 0 unspecified atom stereocenters. The van der Waals surface area contributed by atoms with E-state index in [4.69, 9.17) is 0 Å². The van der Waals surface area contributed by atoms with Gasteiger partial charge in [0.2, 0.25) is 0 Å². The van der Waals surface area contributed by atoms with Crippen molar-refractivity contribution < 1.29 is 4.79 Å². The van der Waals surface area contributed by atoms with E-state index in [1.807, 2.05) is 26.8 Å². The molecular weight excluding hydrogens is 112 g/mol. The Hall–Kier alpha value is -0.850. The summed E-state index contributed by atoms with van der Waals surface area (Å²) in [7, 11) is 0. The monoisotopic (exact) mass is 124 g/mol. The molecule has 1 heteroatoms. The third-order valence-electron chi connectivity index (χ3n) is 1.21. The largest absolute Gasteiger partial charge is 0.299 e. The topological polar surface area (TPSA) is 17.1 Å². The Morgan fingerprint density at radius 3 is 2.11 bits per heavy atom. The molecule has 9 heavy (non-hydrogen) atoms. The summed E-state index contributed by atoms with van der Waals surface area (Å²) >= 11 is 0. The molecule has 0 fully saturated rings. The highest BCUT2D eigenvalue weighted by Crippen LogP contribution is 2.01. The maximum absolute atomic E-state index is 9.82. The molecule has 0 aliphatic carbocycles. The van der Waals surface area contributed by atoms with Gasteiger partial charge in [-0.3, -0.25) is 4.79 Å². The fraction of sp³-hybridized carbons (Fsp3) is 0.375. The molecule has 0 amide bonds. The average Bonchev–Trinajstić information content (AvgIpc) is 1.82. The summed E-state index contributed by atoms with van der Waals surface area (Å²) in [5.41, 5.74) is 2.40. The van der Waals surface area contributed by atoms with Gasteiger partial charge in [-0.25, -0.2) is 0 Å². The zero-order valence-electron chi connectivity index (χ0n) is 6.14. The Kier molecular flexibility index (Phi) is 3.69. The predicted octanol–water partition coefficient (Wildman–Crippen LogP) is 2.10. The van der Waals surface area contributed by atoms with Crippen molar-refractivity contribution in [1.82, 2.24) is 0 Å². The van der Waals surface area contributed by atoms with Crippen LogP contribution in [0.4, 0.5) is 0 Å². The summed E-state index contributed by atoms with van der Waals surface area (Å²) in [4.78, 5) is 9.82. The first kappa shape index (κ1) is 8.15. The molecule has 0 aromatic carbocycles. The van der Waals surface area contributed by atoms with Crippen molar-refractivity contribution in [3.8, 4) is 0 Å². The Balaban J connectivity index is 4.06. The van der Waals surface area contributed by atoms with Gasteiger partial charge in [-0.15, -0.1) is 0 Å². The number of hydrogen-bond donors (Lipinski definition) is 0. The summed E-state index contributed by atoms with van der Waals surface area (Å²) < 4.78 is 0. The lowest BCUT2D eigenvalue weighted by atomic mass is 10.2. The molecule has 50 valence electrons. The Labute approximate surface area is 56.1 Å². The van der Waals surface area contributed by atoms with Gasteiger partial charge in [0.1, 0.15) is 6.29 Å². The zero-order chi connectivity index (χ0) is 7.28. The third kappa shape index (κ3) is 3.71. The number of carbonyl (C=O) groups is 1. The summed E-state index contributed by atoms with van der Waals surface area (Å²) in [5, 5.41) is 0. The number of rotatable bonds is 2. The lowest BCUT2D eigenvalue weighted by Gasteiger charge is -1.91. The Morgan fingerprint density at radius 2 is 1.78 bits per heavy atom. The number of aldehydes is 1. The summed E-state index contributed by atoms with van der Waals surface area (Å²) in [5.74, 6) is 0. The van der Waals surface area contributed by atoms with Crippen LogP contribution in [0.15, 0.2) is 23.3 Å². The molecule has 0 heterocycles. The van der Waals surface area contributed by atoms with E-state index in [1.54, 1.807) is 0 Å². The van der Waals surface area contributed by atoms with Gasteiger partial charge in [0.25, 0.3) is 0 Å². The second-order valence-corrected chi connectivity index (χ2v) is 2.18. The van der Waals surface area contributed by atoms with Gasteiger partial charge in [-0.2, -0.15) is 0 Å². The van der Waals surface area contributed by atoms with Gasteiger partial charge in [-0.1, -0.05) is 17.2 Å². The molecule has 0 atom stereocenters. The summed E-state index contributed by atoms with van der Waals surface area (Å²) in [6.45, 7) is 6.02. The first-order chi connectivity index (χ1) is 4.18. The van der Waals surface area contributed by atoms with E-state index in [9.17, 15) is 4.79 Å². The van der Waals surface area contributed by atoms with Crippen LogP contribution < -0.4 is 0 Å². The number of hydrogen-bond acceptors (Lipinski definition) is 1. The van der Waals surface area contributed by atoms with Crippen LogP contribution in [-0.4, -0.2) is 6.29 Å². The second-order valence-electron chi connectivity index (χ2n) is 2.18. The fourth-order valence-electron chi connectivity index (χ4n) is 0.350. The van der Waals surface area contributed by atoms with E-state index < -0.39 is 0 Å². The first-order valence-corrected chi connectivity index (χ1v) is 2.94. The molecule has 0 aliphatic rings. The van der Waals surface area contributed by atoms with Gasteiger partial charge in [0.05, 0.1) is 0 Å². The molecule has 0 saturated heterocycles. The molecule has 0 rings (SSSR count). The highest BCUT2D eigenvalue weighted by atomic mass is 16.1. The maximum atomic E-state index is 9.82. The maximum Gasteiger partial charge on any atom is 0.142 e. The van der Waals surface area contributed by atoms with Crippen LogP contribution in [0.25, 0.3) is 0 Å². The molecule has 0 bridgehead atoms. The lowest BCUT2D eigenvalue weighted by molar-refractivity contribution is -0.104. The minimum absolute atomic E-state index is 0.784. The number of allylic oxidation sites excluding steroid dienone is 4. The normalized spacial score (nSPS) is 9.67. The Bertz CT molecular complexity index is 148. The van der Waals surface area contributed by atoms with Crippen LogP contribution in [-0.2, 0) is 4.79 Å². The predicted molar refractivity (Wildman–Crippen MR) is 39.3 cm³/mol. The molecule has 0 radical (unpaired) electrons. The second kappa shape index (κ2) is 4.07. The van der Waals surface area contributed by atoms with Crippen LogP contribution in [0.2, 0.25) is 0 Å². The van der Waals surface area contributed by atoms with E-state index in [0.717, 1.165) is 11.9 Å². The third-order valence-corrected chi connectivity index (χ3v) is 1.21. The van der Waals surface area contributed by atoms with E-state index in [0.29, 0.717) is 0 Å². The molecular formula is C8H12O. The van der Waals surface area contributed by atoms with Crippen molar-refractivity contribution in [3.63, 3.8) is 0 Å². The summed E-state index contributed by atoms with van der Waals surface area (Å²) in [6.07, 6.45) is 4.09. The van der Waals surface area contributed by atoms with Crippen LogP contribution in [0.5, 0.6) is 0 Å². The van der Waals surface area contributed by atoms with E-state index in [1.165, 1.54) is 11.6 Å². The first-order valence-electron chi connectivity index (χ1n) is 2.94. The molecule has 0 aliphatic heterocycles. The quantitative estimate of drug-likeness (QED) is 0.313. The highest BCUT2D eigenvalue weighted by molar-refractivity contribution is 5.65. The lowest BCUT2D eigenvalue weighted by Crippen LogP contribution is -1.72. The Morgan fingerprint density at radius 1 is 1.22 bits per heavy atom. The van der Waals surface area contributed by atoms with Crippen molar-refractivity contribution in [2.24, 2.45) is 0 Å². The van der Waals surface area contributed by atoms with Gasteiger partial charge in [0, 0.05) is 0 Å². The van der Waals surface area contributed by atoms with E-state index >= 15 is 0 Å². The van der Waals surface area contributed by atoms with Crippen molar-refractivity contribution in [3.05, 3.63) is 23.3 Å². The number of carbonyl (C=O) groups excluding carboxylic acids is 1. The van der Waals surface area contributed by atoms with Crippen molar-refractivity contribution in [2.45, 2.75) is 20.8 Å². The van der Waals surface area contributed by atoms with Gasteiger partial charge in [-0.05, 0) is 26.8 Å². The van der Waals surface area contributed by atoms with Crippen LogP contribution in [0, 0.1) is 0 Å². The van der Waals surface area contributed by atoms with Crippen molar-refractivity contribution >= 4 is 6.29 Å². The minimum Gasteiger partial charge on any atom is -0.299 e. The molecule has 0 spiro atoms. The molecule has 0 N–H and O–H groups in total. The SMILES string of the molecule is CC(C)=C(C)C=CC=O. The smallest absolute Gasteiger partial charge is 0.142 e. The summed E-state index contributed by atoms with van der Waals surface area (Å²) in [6, 6.07) is 0. The van der Waals surface area contributed by atoms with Gasteiger partial charge in [0.15, 0.2) is 0 Å². The van der Waals surface area contributed by atoms with E-state index in [-0.39, 0.29) is 0 Å². The molecule has 0 aromatic rings. The molecule has 1 nitrogen and oxygen atoms in total. The van der Waals surface area contributed by atoms with Crippen molar-refractivity contribution in [2.75, 3.05) is 0 Å². The van der Waals surface area contributed by atoms with Gasteiger partial charge < -0.3 is 0 Å². The minimum atomic E-state index is 0.784. The van der Waals surface area contributed by atoms with E-state index in [2.05, 4.69) is 0 Å². The van der Waals surface area contributed by atoms with Gasteiger partial charge >= 0.3 is 0 Å². The van der Waals surface area contributed by atoms with Crippen LogP contribution in [0.1, 0.15) is 20.8 Å². The standard InChI is InChI=1S/C8H12O/c1-7(2)8(3)5-4-6-9/h4-6H,1-3H3. The average molecular weight is 124 g/mol. The highest BCUT2D eigenvalue weighted by Gasteiger charge is 1.81. The van der Waals surface area contributed by atoms with Crippen molar-refractivity contribution in [1.29, 1.82) is 0 Å². The molecule has 0 aromatic heterocycles.